The molecule has 0 aromatic rings. The first kappa shape index (κ1) is 14.5. The molecule has 0 amide bonds. The lowest BCUT2D eigenvalue weighted by Crippen LogP contribution is -2.30. The molecule has 0 heterocycles. The molecule has 0 aromatic heterocycles. The smallest absolute Gasteiger partial charge is 0.0635 e. The molecule has 0 bridgehead atoms. The molecule has 0 saturated heterocycles. The van der Waals surface area contributed by atoms with Crippen molar-refractivity contribution in [1.29, 1.82) is 5.26 Å². The lowest BCUT2D eigenvalue weighted by molar-refractivity contribution is 0.232. The van der Waals surface area contributed by atoms with Crippen LogP contribution < -0.4 is 0 Å². The SMILES string of the molecule is CCCCC(CC)CN(CC)CCC#N. The summed E-state index contributed by atoms with van der Waals surface area (Å²) in [6.07, 6.45) is 5.91. The molecule has 0 fully saturated rings. The van der Waals surface area contributed by atoms with Crippen LogP contribution in [0.4, 0.5) is 0 Å². The lowest BCUT2D eigenvalue weighted by atomic mass is 9.98. The summed E-state index contributed by atoms with van der Waals surface area (Å²) in [5, 5.41) is 8.57. The topological polar surface area (TPSA) is 27.0 Å². The fourth-order valence-corrected chi connectivity index (χ4v) is 1.87. The van der Waals surface area contributed by atoms with Gasteiger partial charge in [-0.25, -0.2) is 0 Å². The molecule has 0 saturated carbocycles. The van der Waals surface area contributed by atoms with Crippen molar-refractivity contribution in [2.45, 2.75) is 52.9 Å². The molecule has 0 spiro atoms. The van der Waals surface area contributed by atoms with Gasteiger partial charge in [0.15, 0.2) is 0 Å². The number of nitrogens with zero attached hydrogens (tertiary/aromatic N) is 2. The molecule has 0 N–H and O–H groups in total. The van der Waals surface area contributed by atoms with Gasteiger partial charge in [-0.3, -0.25) is 0 Å². The number of hydrogen-bond donors (Lipinski definition) is 0. The summed E-state index contributed by atoms with van der Waals surface area (Å²) in [6, 6.07) is 2.23. The molecule has 1 unspecified atom stereocenters. The summed E-state index contributed by atoms with van der Waals surface area (Å²) in [5.41, 5.74) is 0. The zero-order chi connectivity index (χ0) is 11.5. The minimum Gasteiger partial charge on any atom is -0.302 e. The highest BCUT2D eigenvalue weighted by atomic mass is 15.1. The predicted octanol–water partition coefficient (Wildman–Crippen LogP) is 3.44. The van der Waals surface area contributed by atoms with Crippen molar-refractivity contribution in [1.82, 2.24) is 4.90 Å². The molecular formula is C13H26N2. The maximum atomic E-state index is 8.57. The van der Waals surface area contributed by atoms with Crippen molar-refractivity contribution in [3.63, 3.8) is 0 Å². The highest BCUT2D eigenvalue weighted by Crippen LogP contribution is 2.14. The third kappa shape index (κ3) is 7.39. The van der Waals surface area contributed by atoms with Crippen LogP contribution in [0.25, 0.3) is 0 Å². The van der Waals surface area contributed by atoms with Gasteiger partial charge in [0, 0.05) is 19.5 Å². The Morgan fingerprint density at radius 2 is 2.00 bits per heavy atom. The van der Waals surface area contributed by atoms with Gasteiger partial charge in [0.2, 0.25) is 0 Å². The average Bonchev–Trinajstić information content (AvgIpc) is 2.28. The summed E-state index contributed by atoms with van der Waals surface area (Å²) >= 11 is 0. The summed E-state index contributed by atoms with van der Waals surface area (Å²) in [7, 11) is 0. The van der Waals surface area contributed by atoms with E-state index in [9.17, 15) is 0 Å². The molecule has 0 aliphatic rings. The lowest BCUT2D eigenvalue weighted by Gasteiger charge is -2.24. The van der Waals surface area contributed by atoms with Crippen LogP contribution in [0.1, 0.15) is 52.9 Å². The Hall–Kier alpha value is -0.550. The molecule has 1 atom stereocenters. The van der Waals surface area contributed by atoms with Crippen LogP contribution in [0.5, 0.6) is 0 Å². The van der Waals surface area contributed by atoms with E-state index in [0.29, 0.717) is 6.42 Å². The first-order valence-electron chi connectivity index (χ1n) is 6.37. The second-order valence-electron chi connectivity index (χ2n) is 4.22. The van der Waals surface area contributed by atoms with Crippen molar-refractivity contribution in [2.24, 2.45) is 5.92 Å². The largest absolute Gasteiger partial charge is 0.302 e. The van der Waals surface area contributed by atoms with Gasteiger partial charge >= 0.3 is 0 Å². The second-order valence-corrected chi connectivity index (χ2v) is 4.22. The maximum Gasteiger partial charge on any atom is 0.0635 e. The van der Waals surface area contributed by atoms with Gasteiger partial charge in [-0.05, 0) is 18.9 Å². The van der Waals surface area contributed by atoms with Crippen LogP contribution in [0, 0.1) is 17.2 Å². The van der Waals surface area contributed by atoms with E-state index in [0.717, 1.165) is 19.0 Å². The Morgan fingerprint density at radius 1 is 1.27 bits per heavy atom. The highest BCUT2D eigenvalue weighted by Gasteiger charge is 2.10. The van der Waals surface area contributed by atoms with Crippen molar-refractivity contribution in [3.05, 3.63) is 0 Å². The van der Waals surface area contributed by atoms with E-state index in [1.807, 2.05) is 0 Å². The van der Waals surface area contributed by atoms with Crippen molar-refractivity contribution in [3.8, 4) is 6.07 Å². The number of rotatable bonds is 9. The fourth-order valence-electron chi connectivity index (χ4n) is 1.87. The Bertz CT molecular complexity index is 172. The molecule has 0 radical (unpaired) electrons. The molecule has 2 heteroatoms. The van der Waals surface area contributed by atoms with Crippen LogP contribution in [0.3, 0.4) is 0 Å². The monoisotopic (exact) mass is 210 g/mol. The summed E-state index contributed by atoms with van der Waals surface area (Å²) in [5.74, 6) is 0.823. The third-order valence-corrected chi connectivity index (χ3v) is 3.05. The minimum atomic E-state index is 0.665. The average molecular weight is 210 g/mol. The minimum absolute atomic E-state index is 0.665. The first-order valence-corrected chi connectivity index (χ1v) is 6.37. The van der Waals surface area contributed by atoms with E-state index in [-0.39, 0.29) is 0 Å². The van der Waals surface area contributed by atoms with Crippen LogP contribution in [0.2, 0.25) is 0 Å². The van der Waals surface area contributed by atoms with Crippen molar-refractivity contribution >= 4 is 0 Å². The Balaban J connectivity index is 3.84. The maximum absolute atomic E-state index is 8.57. The Morgan fingerprint density at radius 3 is 2.47 bits per heavy atom. The molecule has 88 valence electrons. The molecule has 15 heavy (non-hydrogen) atoms. The van der Waals surface area contributed by atoms with Gasteiger partial charge in [0.1, 0.15) is 0 Å². The van der Waals surface area contributed by atoms with Crippen molar-refractivity contribution < 1.29 is 0 Å². The van der Waals surface area contributed by atoms with Crippen LogP contribution in [-0.2, 0) is 0 Å². The van der Waals surface area contributed by atoms with Gasteiger partial charge in [-0.2, -0.15) is 5.26 Å². The quantitative estimate of drug-likeness (QED) is 0.583. The third-order valence-electron chi connectivity index (χ3n) is 3.05. The van der Waals surface area contributed by atoms with Crippen LogP contribution >= 0.6 is 0 Å². The summed E-state index contributed by atoms with van der Waals surface area (Å²) < 4.78 is 0. The van der Waals surface area contributed by atoms with Gasteiger partial charge in [-0.1, -0.05) is 40.0 Å². The van der Waals surface area contributed by atoms with Gasteiger partial charge in [0.05, 0.1) is 6.07 Å². The van der Waals surface area contributed by atoms with Crippen molar-refractivity contribution in [2.75, 3.05) is 19.6 Å². The summed E-state index contributed by atoms with van der Waals surface area (Å²) in [6.45, 7) is 9.90. The first-order chi connectivity index (χ1) is 7.28. The molecule has 0 aliphatic carbocycles. The predicted molar refractivity (Wildman–Crippen MR) is 65.7 cm³/mol. The van der Waals surface area contributed by atoms with Crippen LogP contribution in [-0.4, -0.2) is 24.5 Å². The molecular weight excluding hydrogens is 184 g/mol. The van der Waals surface area contributed by atoms with E-state index in [4.69, 9.17) is 5.26 Å². The Labute approximate surface area is 95.3 Å². The van der Waals surface area contributed by atoms with Gasteiger partial charge in [0.25, 0.3) is 0 Å². The zero-order valence-electron chi connectivity index (χ0n) is 10.6. The number of nitriles is 1. The molecule has 0 aliphatic heterocycles. The highest BCUT2D eigenvalue weighted by molar-refractivity contribution is 4.73. The number of hydrogen-bond acceptors (Lipinski definition) is 2. The van der Waals surface area contributed by atoms with Gasteiger partial charge in [-0.15, -0.1) is 0 Å². The second kappa shape index (κ2) is 9.98. The van der Waals surface area contributed by atoms with E-state index < -0.39 is 0 Å². The standard InChI is InChI=1S/C13H26N2/c1-4-7-9-13(5-2)12-15(6-3)11-8-10-14/h13H,4-9,11-12H2,1-3H3. The normalized spacial score (nSPS) is 12.7. The van der Waals surface area contributed by atoms with Gasteiger partial charge < -0.3 is 4.90 Å². The fraction of sp³-hybridized carbons (Fsp3) is 0.923. The molecule has 2 nitrogen and oxygen atoms in total. The zero-order valence-corrected chi connectivity index (χ0v) is 10.6. The Kier molecular flexibility index (Phi) is 9.62. The molecule has 0 aromatic carbocycles. The van der Waals surface area contributed by atoms with E-state index in [2.05, 4.69) is 31.7 Å². The van der Waals surface area contributed by atoms with E-state index in [1.165, 1.54) is 32.2 Å². The van der Waals surface area contributed by atoms with E-state index in [1.54, 1.807) is 0 Å². The van der Waals surface area contributed by atoms with Crippen LogP contribution in [0.15, 0.2) is 0 Å². The summed E-state index contributed by atoms with van der Waals surface area (Å²) in [4.78, 5) is 2.41. The number of unbranched alkanes of at least 4 members (excludes halogenated alkanes) is 1. The molecule has 0 rings (SSSR count). The van der Waals surface area contributed by atoms with E-state index >= 15 is 0 Å².